The number of likely N-dealkylation sites (N-methyl/N-ethyl adjacent to an activating group) is 1. The van der Waals surface area contributed by atoms with Gasteiger partial charge in [-0.15, -0.1) is 0 Å². The Kier molecular flexibility index (Phi) is 7.76. The second-order valence-corrected chi connectivity index (χ2v) is 6.61. The van der Waals surface area contributed by atoms with E-state index in [0.717, 1.165) is 30.1 Å². The van der Waals surface area contributed by atoms with Crippen molar-refractivity contribution in [3.8, 4) is 0 Å². The van der Waals surface area contributed by atoms with E-state index in [1.54, 1.807) is 0 Å². The Morgan fingerprint density at radius 2 is 1.76 bits per heavy atom. The predicted molar refractivity (Wildman–Crippen MR) is 89.5 cm³/mol. The molecule has 0 aliphatic carbocycles. The van der Waals surface area contributed by atoms with Crippen LogP contribution < -0.4 is 0 Å². The van der Waals surface area contributed by atoms with Crippen LogP contribution in [0.3, 0.4) is 0 Å². The fourth-order valence-electron chi connectivity index (χ4n) is 1.99. The van der Waals surface area contributed by atoms with Crippen molar-refractivity contribution in [2.45, 2.75) is 33.2 Å². The third-order valence-electron chi connectivity index (χ3n) is 3.39. The second kappa shape index (κ2) is 9.06. The molecule has 0 saturated heterocycles. The van der Waals surface area contributed by atoms with E-state index in [1.165, 1.54) is 0 Å². The van der Waals surface area contributed by atoms with Crippen LogP contribution in [0, 0.1) is 5.92 Å². The first-order valence-corrected chi connectivity index (χ1v) is 7.93. The minimum Gasteiger partial charge on any atom is -0.337 e. The molecule has 118 valence electrons. The number of hydrogen-bond acceptors (Lipinski definition) is 2. The Morgan fingerprint density at radius 1 is 1.14 bits per heavy atom. The molecule has 0 atom stereocenters. The van der Waals surface area contributed by atoms with Crippen LogP contribution in [0.25, 0.3) is 0 Å². The molecule has 0 spiro atoms. The predicted octanol–water partition coefficient (Wildman–Crippen LogP) is 3.67. The molecule has 0 heterocycles. The van der Waals surface area contributed by atoms with Crippen LogP contribution in [0.4, 0.5) is 0 Å². The van der Waals surface area contributed by atoms with E-state index in [2.05, 4.69) is 18.7 Å². The number of nitrogens with zero attached hydrogens (tertiary/aromatic N) is 2. The van der Waals surface area contributed by atoms with Gasteiger partial charge in [-0.3, -0.25) is 4.79 Å². The van der Waals surface area contributed by atoms with Crippen molar-refractivity contribution >= 4 is 17.5 Å². The number of halogens is 1. The monoisotopic (exact) mass is 310 g/mol. The smallest absolute Gasteiger partial charge is 0.222 e. The van der Waals surface area contributed by atoms with Crippen molar-refractivity contribution in [1.82, 2.24) is 9.80 Å². The van der Waals surface area contributed by atoms with Crippen molar-refractivity contribution in [3.63, 3.8) is 0 Å². The van der Waals surface area contributed by atoms with E-state index in [4.69, 9.17) is 11.6 Å². The minimum absolute atomic E-state index is 0.237. The highest BCUT2D eigenvalue weighted by atomic mass is 35.5. The molecule has 1 aromatic rings. The lowest BCUT2D eigenvalue weighted by atomic mass is 10.1. The first-order valence-electron chi connectivity index (χ1n) is 7.55. The van der Waals surface area contributed by atoms with Crippen molar-refractivity contribution in [1.29, 1.82) is 0 Å². The molecule has 1 aromatic carbocycles. The lowest BCUT2D eigenvalue weighted by molar-refractivity contribution is -0.132. The molecule has 21 heavy (non-hydrogen) atoms. The van der Waals surface area contributed by atoms with Gasteiger partial charge in [-0.25, -0.2) is 0 Å². The molecule has 1 rings (SSSR count). The maximum absolute atomic E-state index is 12.4. The molecule has 0 aliphatic heterocycles. The fourth-order valence-corrected chi connectivity index (χ4v) is 2.12. The number of hydrogen-bond donors (Lipinski definition) is 0. The third kappa shape index (κ3) is 7.49. The maximum atomic E-state index is 12.4. The summed E-state index contributed by atoms with van der Waals surface area (Å²) in [7, 11) is 4.05. The van der Waals surface area contributed by atoms with Crippen LogP contribution in [0.5, 0.6) is 0 Å². The summed E-state index contributed by atoms with van der Waals surface area (Å²) in [6.07, 6.45) is 1.57. The Labute approximate surface area is 133 Å². The minimum atomic E-state index is 0.237. The maximum Gasteiger partial charge on any atom is 0.222 e. The van der Waals surface area contributed by atoms with E-state index in [9.17, 15) is 4.79 Å². The normalized spacial score (nSPS) is 11.2. The summed E-state index contributed by atoms with van der Waals surface area (Å²) in [6.45, 7) is 6.59. The summed E-state index contributed by atoms with van der Waals surface area (Å²) in [6, 6.07) is 7.72. The molecule has 0 N–H and O–H groups in total. The van der Waals surface area contributed by atoms with E-state index in [0.29, 0.717) is 18.9 Å². The average molecular weight is 311 g/mol. The Bertz CT molecular complexity index is 429. The number of rotatable bonds is 8. The topological polar surface area (TPSA) is 23.6 Å². The van der Waals surface area contributed by atoms with Gasteiger partial charge in [-0.05, 0) is 44.1 Å². The highest BCUT2D eigenvalue weighted by molar-refractivity contribution is 6.30. The van der Waals surface area contributed by atoms with Crippen molar-refractivity contribution < 1.29 is 4.79 Å². The van der Waals surface area contributed by atoms with Gasteiger partial charge in [-0.2, -0.15) is 0 Å². The highest BCUT2D eigenvalue weighted by Gasteiger charge is 2.14. The SMILES string of the molecule is CC(C)CCC(=O)N(CCN(C)C)Cc1ccc(Cl)cc1. The molecule has 0 saturated carbocycles. The molecular formula is C17H27ClN2O. The zero-order valence-corrected chi connectivity index (χ0v) is 14.4. The Morgan fingerprint density at radius 3 is 2.29 bits per heavy atom. The van der Waals surface area contributed by atoms with Gasteiger partial charge >= 0.3 is 0 Å². The van der Waals surface area contributed by atoms with E-state index >= 15 is 0 Å². The number of amides is 1. The molecule has 0 aliphatic rings. The van der Waals surface area contributed by atoms with Crippen LogP contribution in [0.15, 0.2) is 24.3 Å². The van der Waals surface area contributed by atoms with Crippen molar-refractivity contribution in [3.05, 3.63) is 34.9 Å². The second-order valence-electron chi connectivity index (χ2n) is 6.18. The van der Waals surface area contributed by atoms with Crippen LogP contribution in [-0.4, -0.2) is 42.9 Å². The fraction of sp³-hybridized carbons (Fsp3) is 0.588. The molecule has 0 radical (unpaired) electrons. The molecule has 0 unspecified atom stereocenters. The summed E-state index contributed by atoms with van der Waals surface area (Å²) >= 11 is 5.91. The standard InChI is InChI=1S/C17H27ClN2O/c1-14(2)5-10-17(21)20(12-11-19(3)4)13-15-6-8-16(18)9-7-15/h6-9,14H,5,10-13H2,1-4H3. The van der Waals surface area contributed by atoms with Gasteiger partial charge < -0.3 is 9.80 Å². The van der Waals surface area contributed by atoms with Gasteiger partial charge in [0, 0.05) is 31.1 Å². The van der Waals surface area contributed by atoms with Gasteiger partial charge in [0.25, 0.3) is 0 Å². The van der Waals surface area contributed by atoms with Crippen LogP contribution in [0.1, 0.15) is 32.3 Å². The van der Waals surface area contributed by atoms with Crippen LogP contribution >= 0.6 is 11.6 Å². The summed E-state index contributed by atoms with van der Waals surface area (Å²) in [5.41, 5.74) is 1.12. The molecule has 0 bridgehead atoms. The number of benzene rings is 1. The average Bonchev–Trinajstić information content (AvgIpc) is 2.42. The first kappa shape index (κ1) is 18.0. The van der Waals surface area contributed by atoms with E-state index in [-0.39, 0.29) is 5.91 Å². The lowest BCUT2D eigenvalue weighted by Crippen LogP contribution is -2.36. The van der Waals surface area contributed by atoms with Gasteiger partial charge in [0.2, 0.25) is 5.91 Å². The quantitative estimate of drug-likeness (QED) is 0.731. The third-order valence-corrected chi connectivity index (χ3v) is 3.64. The van der Waals surface area contributed by atoms with E-state index < -0.39 is 0 Å². The van der Waals surface area contributed by atoms with E-state index in [1.807, 2.05) is 43.3 Å². The van der Waals surface area contributed by atoms with Gasteiger partial charge in [0.15, 0.2) is 0 Å². The Balaban J connectivity index is 2.66. The number of carbonyl (C=O) groups is 1. The highest BCUT2D eigenvalue weighted by Crippen LogP contribution is 2.13. The van der Waals surface area contributed by atoms with Crippen molar-refractivity contribution in [2.24, 2.45) is 5.92 Å². The van der Waals surface area contributed by atoms with Gasteiger partial charge in [0.1, 0.15) is 0 Å². The summed E-state index contributed by atoms with van der Waals surface area (Å²) in [4.78, 5) is 16.5. The first-order chi connectivity index (χ1) is 9.88. The molecule has 4 heteroatoms. The van der Waals surface area contributed by atoms with Gasteiger partial charge in [-0.1, -0.05) is 37.6 Å². The number of carbonyl (C=O) groups excluding carboxylic acids is 1. The zero-order chi connectivity index (χ0) is 15.8. The Hall–Kier alpha value is -1.06. The van der Waals surface area contributed by atoms with Crippen LogP contribution in [-0.2, 0) is 11.3 Å². The van der Waals surface area contributed by atoms with Gasteiger partial charge in [0.05, 0.1) is 0 Å². The largest absolute Gasteiger partial charge is 0.337 e. The molecular weight excluding hydrogens is 284 g/mol. The zero-order valence-electron chi connectivity index (χ0n) is 13.6. The summed E-state index contributed by atoms with van der Waals surface area (Å²) < 4.78 is 0. The molecule has 0 aromatic heterocycles. The summed E-state index contributed by atoms with van der Waals surface area (Å²) in [5, 5.41) is 0.727. The van der Waals surface area contributed by atoms with Crippen molar-refractivity contribution in [2.75, 3.05) is 27.2 Å². The molecule has 0 fully saturated rings. The molecule has 1 amide bonds. The summed E-state index contributed by atoms with van der Waals surface area (Å²) in [5.74, 6) is 0.792. The van der Waals surface area contributed by atoms with Crippen LogP contribution in [0.2, 0.25) is 5.02 Å². The lowest BCUT2D eigenvalue weighted by Gasteiger charge is -2.25. The molecule has 3 nitrogen and oxygen atoms in total.